The van der Waals surface area contributed by atoms with Crippen molar-refractivity contribution in [2.24, 2.45) is 13.0 Å². The fourth-order valence-corrected chi connectivity index (χ4v) is 5.47. The van der Waals surface area contributed by atoms with Gasteiger partial charge in [0.2, 0.25) is 5.88 Å². The van der Waals surface area contributed by atoms with Crippen molar-refractivity contribution in [2.45, 2.75) is 50.8 Å². The molecule has 10 heteroatoms. The van der Waals surface area contributed by atoms with Gasteiger partial charge in [-0.1, -0.05) is 18.2 Å². The van der Waals surface area contributed by atoms with Crippen molar-refractivity contribution in [3.63, 3.8) is 0 Å². The first-order valence-electron chi connectivity index (χ1n) is 13.2. The van der Waals surface area contributed by atoms with Crippen LogP contribution in [0.1, 0.15) is 47.3 Å². The second-order valence-electron chi connectivity index (χ2n) is 10.3. The van der Waals surface area contributed by atoms with Crippen LogP contribution in [-0.2, 0) is 24.6 Å². The van der Waals surface area contributed by atoms with E-state index < -0.39 is 12.8 Å². The van der Waals surface area contributed by atoms with E-state index in [0.29, 0.717) is 19.4 Å². The molecule has 7 nitrogen and oxygen atoms in total. The molecule has 0 aliphatic carbocycles. The lowest BCUT2D eigenvalue weighted by Crippen LogP contribution is -2.33. The van der Waals surface area contributed by atoms with Crippen LogP contribution in [0.25, 0.3) is 10.9 Å². The van der Waals surface area contributed by atoms with Gasteiger partial charge < -0.3 is 14.4 Å². The highest BCUT2D eigenvalue weighted by molar-refractivity contribution is 6.06. The molecule has 5 rings (SSSR count). The smallest absolute Gasteiger partial charge is 0.422 e. The zero-order chi connectivity index (χ0) is 26.7. The van der Waals surface area contributed by atoms with Gasteiger partial charge in [-0.05, 0) is 43.2 Å². The molecule has 1 saturated heterocycles. The first-order chi connectivity index (χ1) is 18.2. The van der Waals surface area contributed by atoms with Gasteiger partial charge in [0.25, 0.3) is 0 Å². The molecular weight excluding hydrogens is 497 g/mol. The van der Waals surface area contributed by atoms with Crippen LogP contribution in [0.15, 0.2) is 36.5 Å². The number of halogens is 3. The van der Waals surface area contributed by atoms with E-state index in [0.717, 1.165) is 73.0 Å². The van der Waals surface area contributed by atoms with Crippen LogP contribution < -0.4 is 4.74 Å². The maximum Gasteiger partial charge on any atom is 0.422 e. The molecule has 2 aliphatic heterocycles. The van der Waals surface area contributed by atoms with Crippen LogP contribution in [0.2, 0.25) is 0 Å². The number of aryl methyl sites for hydroxylation is 1. The summed E-state index contributed by atoms with van der Waals surface area (Å²) >= 11 is 0. The average molecular weight is 531 g/mol. The lowest BCUT2D eigenvalue weighted by atomic mass is 9.90. The highest BCUT2D eigenvalue weighted by atomic mass is 19.4. The number of alkyl halides is 3. The lowest BCUT2D eigenvalue weighted by Gasteiger charge is -2.30. The van der Waals surface area contributed by atoms with Gasteiger partial charge in [0.05, 0.1) is 24.4 Å². The van der Waals surface area contributed by atoms with Crippen LogP contribution >= 0.6 is 0 Å². The van der Waals surface area contributed by atoms with Crippen LogP contribution in [-0.4, -0.2) is 70.6 Å². The fraction of sp³-hybridized carbons (Fsp3) is 0.536. The molecule has 0 amide bonds. The van der Waals surface area contributed by atoms with Crippen LogP contribution in [0, 0.1) is 5.92 Å². The molecule has 0 unspecified atom stereocenters. The third kappa shape index (κ3) is 6.53. The average Bonchev–Trinajstić information content (AvgIpc) is 3.16. The Morgan fingerprint density at radius 3 is 2.79 bits per heavy atom. The molecule has 0 radical (unpaired) electrons. The largest absolute Gasteiger partial charge is 0.468 e. The Kier molecular flexibility index (Phi) is 7.99. The molecule has 1 fully saturated rings. The molecule has 3 aromatic rings. The fourth-order valence-electron chi connectivity index (χ4n) is 5.47. The minimum atomic E-state index is -4.38. The third-order valence-electron chi connectivity index (χ3n) is 7.56. The summed E-state index contributed by atoms with van der Waals surface area (Å²) in [6, 6.07) is 9.11. The summed E-state index contributed by atoms with van der Waals surface area (Å²) in [4.78, 5) is 19.7. The van der Waals surface area contributed by atoms with E-state index in [1.54, 1.807) is 10.9 Å². The SMILES string of the molecule is Cn1ncc2cccc(C(=O)C[C@H]3CC[C@H](CCN4CCc5ccc(OCC(F)(F)F)nc5CC4)OC3)c21. The van der Waals surface area contributed by atoms with Gasteiger partial charge in [0, 0.05) is 62.2 Å². The predicted octanol–water partition coefficient (Wildman–Crippen LogP) is 4.77. The Balaban J connectivity index is 1.06. The van der Waals surface area contributed by atoms with Gasteiger partial charge >= 0.3 is 6.18 Å². The van der Waals surface area contributed by atoms with Crippen molar-refractivity contribution in [3.8, 4) is 5.88 Å². The zero-order valence-corrected chi connectivity index (χ0v) is 21.5. The number of fused-ring (bicyclic) bond motifs is 2. The second-order valence-corrected chi connectivity index (χ2v) is 10.3. The van der Waals surface area contributed by atoms with Crippen LogP contribution in [0.5, 0.6) is 5.88 Å². The van der Waals surface area contributed by atoms with E-state index in [1.165, 1.54) is 6.07 Å². The number of ketones is 1. The molecule has 0 bridgehead atoms. The number of nitrogens with zero attached hydrogens (tertiary/aromatic N) is 4. The number of benzene rings is 1. The summed E-state index contributed by atoms with van der Waals surface area (Å²) in [6.07, 6.45) is 2.35. The number of aromatic nitrogens is 3. The molecular formula is C28H33F3N4O3. The molecule has 1 aromatic carbocycles. The summed E-state index contributed by atoms with van der Waals surface area (Å²) in [5, 5.41) is 5.25. The monoisotopic (exact) mass is 530 g/mol. The maximum atomic E-state index is 13.1. The normalized spacial score (nSPS) is 20.7. The van der Waals surface area contributed by atoms with E-state index >= 15 is 0 Å². The van der Waals surface area contributed by atoms with Crippen molar-refractivity contribution in [1.82, 2.24) is 19.7 Å². The van der Waals surface area contributed by atoms with Crippen molar-refractivity contribution >= 4 is 16.7 Å². The first kappa shape index (κ1) is 26.6. The van der Waals surface area contributed by atoms with E-state index in [1.807, 2.05) is 31.3 Å². The molecule has 2 atom stereocenters. The zero-order valence-electron chi connectivity index (χ0n) is 21.5. The highest BCUT2D eigenvalue weighted by Gasteiger charge is 2.29. The Morgan fingerprint density at radius 1 is 1.16 bits per heavy atom. The van der Waals surface area contributed by atoms with Gasteiger partial charge in [0.15, 0.2) is 12.4 Å². The van der Waals surface area contributed by atoms with Crippen LogP contribution in [0.4, 0.5) is 13.2 Å². The summed E-state index contributed by atoms with van der Waals surface area (Å²) in [5.74, 6) is 0.376. The molecule has 4 heterocycles. The first-order valence-corrected chi connectivity index (χ1v) is 13.2. The Labute approximate surface area is 219 Å². The number of pyridine rings is 1. The van der Waals surface area contributed by atoms with Crippen molar-refractivity contribution in [3.05, 3.63) is 53.3 Å². The van der Waals surface area contributed by atoms with Gasteiger partial charge in [-0.15, -0.1) is 0 Å². The summed E-state index contributed by atoms with van der Waals surface area (Å²) < 4.78 is 50.1. The number of ether oxygens (including phenoxy) is 2. The van der Waals surface area contributed by atoms with Gasteiger partial charge in [-0.2, -0.15) is 18.3 Å². The number of hydrogen-bond donors (Lipinski definition) is 0. The second kappa shape index (κ2) is 11.4. The molecule has 38 heavy (non-hydrogen) atoms. The van der Waals surface area contributed by atoms with Crippen molar-refractivity contribution in [1.29, 1.82) is 0 Å². The molecule has 0 N–H and O–H groups in total. The van der Waals surface area contributed by atoms with Gasteiger partial charge in [0.1, 0.15) is 0 Å². The van der Waals surface area contributed by atoms with Crippen molar-refractivity contribution in [2.75, 3.05) is 32.8 Å². The Morgan fingerprint density at radius 2 is 2.00 bits per heavy atom. The number of Topliss-reactive ketones (excluding diaryl/α,β-unsaturated/α-hetero) is 1. The number of para-hydroxylation sites is 1. The molecule has 2 aliphatic rings. The minimum Gasteiger partial charge on any atom is -0.468 e. The number of rotatable bonds is 8. The highest BCUT2D eigenvalue weighted by Crippen LogP contribution is 2.28. The standard InChI is InChI=1S/C28H33F3N4O3/c1-34-27-21(16-32-34)3-2-4-23(27)25(36)15-19-5-7-22(37-17-19)10-13-35-12-9-20-6-8-26(33-24(20)11-14-35)38-18-28(29,30)31/h2-4,6,8,16,19,22H,5,7,9-15,17-18H2,1H3/t19-,22-/m1/s1. The van der Waals surface area contributed by atoms with E-state index in [2.05, 4.69) is 15.0 Å². The van der Waals surface area contributed by atoms with E-state index in [-0.39, 0.29) is 23.7 Å². The molecule has 0 spiro atoms. The Hall–Kier alpha value is -2.98. The van der Waals surface area contributed by atoms with Gasteiger partial charge in [-0.3, -0.25) is 9.48 Å². The molecule has 0 saturated carbocycles. The number of hydrogen-bond acceptors (Lipinski definition) is 6. The quantitative estimate of drug-likeness (QED) is 0.391. The lowest BCUT2D eigenvalue weighted by molar-refractivity contribution is -0.154. The maximum absolute atomic E-state index is 13.1. The summed E-state index contributed by atoms with van der Waals surface area (Å²) in [5.41, 5.74) is 3.48. The number of carbonyl (C=O) groups is 1. The predicted molar refractivity (Wildman–Crippen MR) is 136 cm³/mol. The summed E-state index contributed by atoms with van der Waals surface area (Å²) in [6.45, 7) is 1.82. The van der Waals surface area contributed by atoms with E-state index in [9.17, 15) is 18.0 Å². The van der Waals surface area contributed by atoms with Gasteiger partial charge in [-0.25, -0.2) is 4.98 Å². The van der Waals surface area contributed by atoms with E-state index in [4.69, 9.17) is 9.47 Å². The summed E-state index contributed by atoms with van der Waals surface area (Å²) in [7, 11) is 1.86. The number of carbonyl (C=O) groups excluding carboxylic acids is 1. The van der Waals surface area contributed by atoms with Crippen LogP contribution in [0.3, 0.4) is 0 Å². The topological polar surface area (TPSA) is 69.5 Å². The minimum absolute atomic E-state index is 0.0233. The third-order valence-corrected chi connectivity index (χ3v) is 7.56. The Bertz CT molecular complexity index is 1270. The molecule has 204 valence electrons. The molecule has 2 aromatic heterocycles. The van der Waals surface area contributed by atoms with Crippen molar-refractivity contribution < 1.29 is 27.4 Å².